The minimum atomic E-state index is -0.817. The van der Waals surface area contributed by atoms with Gasteiger partial charge >= 0.3 is 0 Å². The standard InChI is InChI=1S/C18H24N2O4/c1-11(21)19-10-12-6-7-14-13(9-12)16(17(23)18(2,3)24-14)20-8-4-5-15(20)22/h6-7,9,16-17,23H,4-5,8,10H2,1-3H3,(H,19,21)/t16-,17+/m0/s1. The number of rotatable bonds is 3. The van der Waals surface area contributed by atoms with E-state index in [1.54, 1.807) is 4.90 Å². The summed E-state index contributed by atoms with van der Waals surface area (Å²) in [6, 6.07) is 5.25. The monoisotopic (exact) mass is 332 g/mol. The fourth-order valence-electron chi connectivity index (χ4n) is 3.45. The van der Waals surface area contributed by atoms with Crippen LogP contribution >= 0.6 is 0 Å². The van der Waals surface area contributed by atoms with Crippen molar-refractivity contribution < 1.29 is 19.4 Å². The molecule has 0 aromatic heterocycles. The number of ether oxygens (including phenoxy) is 1. The predicted molar refractivity (Wildman–Crippen MR) is 88.4 cm³/mol. The smallest absolute Gasteiger partial charge is 0.223 e. The van der Waals surface area contributed by atoms with Gasteiger partial charge in [0.2, 0.25) is 11.8 Å². The first-order chi connectivity index (χ1) is 11.3. The molecule has 1 saturated heterocycles. The van der Waals surface area contributed by atoms with Gasteiger partial charge in [-0.05, 0) is 38.0 Å². The second kappa shape index (κ2) is 6.09. The largest absolute Gasteiger partial charge is 0.485 e. The molecule has 0 saturated carbocycles. The second-order valence-corrected chi connectivity index (χ2v) is 7.07. The molecule has 2 heterocycles. The van der Waals surface area contributed by atoms with Crippen LogP contribution in [0.5, 0.6) is 5.75 Å². The van der Waals surface area contributed by atoms with Crippen LogP contribution in [0.3, 0.4) is 0 Å². The summed E-state index contributed by atoms with van der Waals surface area (Å²) in [5, 5.41) is 13.6. The van der Waals surface area contributed by atoms with Crippen molar-refractivity contribution in [3.05, 3.63) is 29.3 Å². The molecule has 1 aromatic carbocycles. The molecular weight excluding hydrogens is 308 g/mol. The van der Waals surface area contributed by atoms with E-state index in [1.165, 1.54) is 6.92 Å². The van der Waals surface area contributed by atoms with Crippen molar-refractivity contribution in [2.24, 2.45) is 0 Å². The Labute approximate surface area is 141 Å². The van der Waals surface area contributed by atoms with Gasteiger partial charge < -0.3 is 20.1 Å². The number of benzene rings is 1. The third-order valence-corrected chi connectivity index (χ3v) is 4.76. The van der Waals surface area contributed by atoms with E-state index in [2.05, 4.69) is 5.32 Å². The van der Waals surface area contributed by atoms with E-state index in [1.807, 2.05) is 32.0 Å². The Morgan fingerprint density at radius 3 is 2.83 bits per heavy atom. The quantitative estimate of drug-likeness (QED) is 0.879. The number of carbonyl (C=O) groups is 2. The zero-order chi connectivity index (χ0) is 17.5. The van der Waals surface area contributed by atoms with Crippen LogP contribution in [-0.4, -0.2) is 40.1 Å². The van der Waals surface area contributed by atoms with Gasteiger partial charge in [0, 0.05) is 32.0 Å². The van der Waals surface area contributed by atoms with Gasteiger partial charge in [-0.2, -0.15) is 0 Å². The lowest BCUT2D eigenvalue weighted by molar-refractivity contribution is -0.139. The van der Waals surface area contributed by atoms with E-state index in [-0.39, 0.29) is 11.8 Å². The van der Waals surface area contributed by atoms with Gasteiger partial charge in [-0.1, -0.05) is 6.07 Å². The van der Waals surface area contributed by atoms with Crippen LogP contribution in [0.25, 0.3) is 0 Å². The first-order valence-corrected chi connectivity index (χ1v) is 8.33. The maximum absolute atomic E-state index is 12.3. The molecule has 2 aliphatic heterocycles. The number of aliphatic hydroxyl groups excluding tert-OH is 1. The average molecular weight is 332 g/mol. The zero-order valence-electron chi connectivity index (χ0n) is 14.3. The van der Waals surface area contributed by atoms with Crippen molar-refractivity contribution in [1.82, 2.24) is 10.2 Å². The normalized spacial score (nSPS) is 25.2. The summed E-state index contributed by atoms with van der Waals surface area (Å²) in [7, 11) is 0. The predicted octanol–water partition coefficient (Wildman–Crippen LogP) is 1.52. The number of nitrogens with zero attached hydrogens (tertiary/aromatic N) is 1. The minimum Gasteiger partial charge on any atom is -0.485 e. The number of carbonyl (C=O) groups excluding carboxylic acids is 2. The van der Waals surface area contributed by atoms with Crippen molar-refractivity contribution in [3.8, 4) is 5.75 Å². The van der Waals surface area contributed by atoms with Crippen LogP contribution < -0.4 is 10.1 Å². The second-order valence-electron chi connectivity index (χ2n) is 7.07. The number of fused-ring (bicyclic) bond motifs is 1. The van der Waals surface area contributed by atoms with E-state index in [0.29, 0.717) is 25.3 Å². The minimum absolute atomic E-state index is 0.0648. The summed E-state index contributed by atoms with van der Waals surface area (Å²) in [5.74, 6) is 0.646. The number of aliphatic hydroxyl groups is 1. The molecule has 24 heavy (non-hydrogen) atoms. The molecule has 6 nitrogen and oxygen atoms in total. The van der Waals surface area contributed by atoms with E-state index >= 15 is 0 Å². The molecule has 0 radical (unpaired) electrons. The summed E-state index contributed by atoms with van der Waals surface area (Å²) in [5.41, 5.74) is 0.940. The lowest BCUT2D eigenvalue weighted by Gasteiger charge is -2.45. The van der Waals surface area contributed by atoms with E-state index in [9.17, 15) is 14.7 Å². The highest BCUT2D eigenvalue weighted by atomic mass is 16.5. The van der Waals surface area contributed by atoms with Gasteiger partial charge in [0.05, 0.1) is 6.04 Å². The third-order valence-electron chi connectivity index (χ3n) is 4.76. The fraction of sp³-hybridized carbons (Fsp3) is 0.556. The topological polar surface area (TPSA) is 78.9 Å². The molecule has 0 bridgehead atoms. The van der Waals surface area contributed by atoms with Gasteiger partial charge in [-0.3, -0.25) is 9.59 Å². The van der Waals surface area contributed by atoms with Crippen LogP contribution in [-0.2, 0) is 16.1 Å². The first kappa shape index (κ1) is 16.8. The molecule has 0 aliphatic carbocycles. The van der Waals surface area contributed by atoms with Crippen molar-refractivity contribution in [2.75, 3.05) is 6.54 Å². The number of hydrogen-bond acceptors (Lipinski definition) is 4. The van der Waals surface area contributed by atoms with Gasteiger partial charge in [0.25, 0.3) is 0 Å². The molecule has 6 heteroatoms. The highest BCUT2D eigenvalue weighted by molar-refractivity contribution is 5.79. The molecule has 130 valence electrons. The third kappa shape index (κ3) is 2.98. The molecule has 1 aromatic rings. The maximum Gasteiger partial charge on any atom is 0.223 e. The molecular formula is C18H24N2O4. The fourth-order valence-corrected chi connectivity index (χ4v) is 3.45. The Balaban J connectivity index is 2.00. The van der Waals surface area contributed by atoms with Crippen LogP contribution in [0.15, 0.2) is 18.2 Å². The Bertz CT molecular complexity index is 671. The maximum atomic E-state index is 12.3. The highest BCUT2D eigenvalue weighted by Crippen LogP contribution is 2.44. The van der Waals surface area contributed by atoms with Crippen molar-refractivity contribution in [3.63, 3.8) is 0 Å². The lowest BCUT2D eigenvalue weighted by Crippen LogP contribution is -2.53. The van der Waals surface area contributed by atoms with Crippen LogP contribution in [0.4, 0.5) is 0 Å². The van der Waals surface area contributed by atoms with Gasteiger partial charge in [-0.25, -0.2) is 0 Å². The Hall–Kier alpha value is -2.08. The van der Waals surface area contributed by atoms with Gasteiger partial charge in [-0.15, -0.1) is 0 Å². The molecule has 2 amide bonds. The average Bonchev–Trinajstić information content (AvgIpc) is 2.92. The number of amides is 2. The molecule has 2 atom stereocenters. The summed E-state index contributed by atoms with van der Waals surface area (Å²) < 4.78 is 5.96. The Morgan fingerprint density at radius 2 is 2.21 bits per heavy atom. The molecule has 1 fully saturated rings. The van der Waals surface area contributed by atoms with Crippen LogP contribution in [0.1, 0.15) is 50.8 Å². The lowest BCUT2D eigenvalue weighted by atomic mass is 9.85. The molecule has 3 rings (SSSR count). The van der Waals surface area contributed by atoms with Gasteiger partial charge in [0.1, 0.15) is 17.5 Å². The summed E-state index contributed by atoms with van der Waals surface area (Å²) >= 11 is 0. The van der Waals surface area contributed by atoms with E-state index in [0.717, 1.165) is 17.5 Å². The summed E-state index contributed by atoms with van der Waals surface area (Å²) in [4.78, 5) is 25.1. The Morgan fingerprint density at radius 1 is 1.46 bits per heavy atom. The van der Waals surface area contributed by atoms with Crippen LogP contribution in [0, 0.1) is 0 Å². The molecule has 0 unspecified atom stereocenters. The SMILES string of the molecule is CC(=O)NCc1ccc2c(c1)[C@H](N1CCCC1=O)[C@@H](O)C(C)(C)O2. The molecule has 0 spiro atoms. The summed E-state index contributed by atoms with van der Waals surface area (Å²) in [6.45, 7) is 6.19. The van der Waals surface area contributed by atoms with E-state index in [4.69, 9.17) is 4.74 Å². The highest BCUT2D eigenvalue weighted by Gasteiger charge is 2.47. The number of nitrogens with one attached hydrogen (secondary N) is 1. The zero-order valence-corrected chi connectivity index (χ0v) is 14.3. The van der Waals surface area contributed by atoms with Crippen molar-refractivity contribution in [2.45, 2.75) is 57.9 Å². The number of likely N-dealkylation sites (tertiary alicyclic amines) is 1. The van der Waals surface area contributed by atoms with E-state index < -0.39 is 17.7 Å². The van der Waals surface area contributed by atoms with Crippen molar-refractivity contribution >= 4 is 11.8 Å². The molecule has 2 aliphatic rings. The van der Waals surface area contributed by atoms with Gasteiger partial charge in [0.15, 0.2) is 0 Å². The van der Waals surface area contributed by atoms with Crippen LogP contribution in [0.2, 0.25) is 0 Å². The number of hydrogen-bond donors (Lipinski definition) is 2. The summed E-state index contributed by atoms with van der Waals surface area (Å²) in [6.07, 6.45) is 0.512. The Kier molecular flexibility index (Phi) is 4.25. The van der Waals surface area contributed by atoms with Crippen molar-refractivity contribution in [1.29, 1.82) is 0 Å². The molecule has 2 N–H and O–H groups in total. The first-order valence-electron chi connectivity index (χ1n) is 8.33.